The number of carbonyl (C=O) groups excluding carboxylic acids is 1. The lowest BCUT2D eigenvalue weighted by molar-refractivity contribution is 0.252. The molecule has 0 aliphatic carbocycles. The van der Waals surface area contributed by atoms with Crippen LogP contribution in [0.4, 0.5) is 10.5 Å². The van der Waals surface area contributed by atoms with Crippen LogP contribution in [0.15, 0.2) is 54.7 Å². The second-order valence-corrected chi connectivity index (χ2v) is 5.72. The minimum Gasteiger partial charge on any atom is -0.346 e. The molecule has 0 saturated carbocycles. The molecule has 4 nitrogen and oxygen atoms in total. The van der Waals surface area contributed by atoms with Crippen LogP contribution in [-0.4, -0.2) is 10.6 Å². The highest BCUT2D eigenvalue weighted by atomic mass is 35.5. The van der Waals surface area contributed by atoms with Crippen molar-refractivity contribution in [3.8, 4) is 0 Å². The van der Waals surface area contributed by atoms with Crippen molar-refractivity contribution >= 4 is 34.2 Å². The first-order valence-corrected chi connectivity index (χ1v) is 7.92. The van der Waals surface area contributed by atoms with E-state index < -0.39 is 0 Å². The van der Waals surface area contributed by atoms with Gasteiger partial charge in [-0.1, -0.05) is 41.9 Å². The Morgan fingerprint density at radius 1 is 1.13 bits per heavy atom. The normalized spacial score (nSPS) is 10.7. The topological polar surface area (TPSA) is 46.1 Å². The third-order valence-electron chi connectivity index (χ3n) is 3.74. The molecule has 0 saturated heterocycles. The second-order valence-electron chi connectivity index (χ2n) is 5.28. The molecule has 2 N–H and O–H groups in total. The van der Waals surface area contributed by atoms with Gasteiger partial charge >= 0.3 is 6.03 Å². The van der Waals surface area contributed by atoms with Crippen molar-refractivity contribution in [2.45, 2.75) is 20.0 Å². The van der Waals surface area contributed by atoms with Crippen molar-refractivity contribution in [2.24, 2.45) is 0 Å². The summed E-state index contributed by atoms with van der Waals surface area (Å²) in [4.78, 5) is 12.1. The largest absolute Gasteiger partial charge is 0.346 e. The average molecular weight is 328 g/mol. The molecule has 1 aromatic heterocycles. The molecule has 0 aliphatic heterocycles. The summed E-state index contributed by atoms with van der Waals surface area (Å²) < 4.78 is 2.12. The maximum absolute atomic E-state index is 12.1. The number of anilines is 1. The van der Waals surface area contributed by atoms with E-state index in [4.69, 9.17) is 11.6 Å². The van der Waals surface area contributed by atoms with Crippen LogP contribution in [0, 0.1) is 0 Å². The Morgan fingerprint density at radius 2 is 1.87 bits per heavy atom. The molecular weight excluding hydrogens is 310 g/mol. The molecule has 2 amide bonds. The summed E-state index contributed by atoms with van der Waals surface area (Å²) in [5.74, 6) is 0. The number of rotatable bonds is 4. The van der Waals surface area contributed by atoms with Gasteiger partial charge in [0.1, 0.15) is 0 Å². The summed E-state index contributed by atoms with van der Waals surface area (Å²) in [6, 6.07) is 15.2. The highest BCUT2D eigenvalue weighted by Gasteiger charge is 2.09. The molecule has 118 valence electrons. The van der Waals surface area contributed by atoms with Gasteiger partial charge in [-0.05, 0) is 30.7 Å². The molecule has 2 aromatic carbocycles. The van der Waals surface area contributed by atoms with Gasteiger partial charge in [0.2, 0.25) is 0 Å². The van der Waals surface area contributed by atoms with Crippen LogP contribution in [0.2, 0.25) is 5.02 Å². The fourth-order valence-corrected chi connectivity index (χ4v) is 2.69. The van der Waals surface area contributed by atoms with E-state index in [1.807, 2.05) is 48.7 Å². The number of fused-ring (bicyclic) bond motifs is 1. The van der Waals surface area contributed by atoms with Crippen LogP contribution in [0.5, 0.6) is 0 Å². The summed E-state index contributed by atoms with van der Waals surface area (Å²) in [5.41, 5.74) is 2.93. The van der Waals surface area contributed by atoms with E-state index in [0.717, 1.165) is 28.7 Å². The Hall–Kier alpha value is -2.46. The van der Waals surface area contributed by atoms with Gasteiger partial charge < -0.3 is 15.2 Å². The number of nitrogens with zero attached hydrogens (tertiary/aromatic N) is 1. The third-order valence-corrected chi connectivity index (χ3v) is 4.00. The summed E-state index contributed by atoms with van der Waals surface area (Å²) in [6.45, 7) is 3.39. The first-order chi connectivity index (χ1) is 11.2. The molecule has 5 heteroatoms. The molecule has 3 rings (SSSR count). The van der Waals surface area contributed by atoms with Crippen molar-refractivity contribution in [3.63, 3.8) is 0 Å². The highest BCUT2D eigenvalue weighted by Crippen LogP contribution is 2.25. The Kier molecular flexibility index (Phi) is 4.53. The Balaban J connectivity index is 1.69. The number of aromatic nitrogens is 1. The number of amides is 2. The van der Waals surface area contributed by atoms with E-state index in [2.05, 4.69) is 28.2 Å². The maximum atomic E-state index is 12.1. The number of hydrogen-bond donors (Lipinski definition) is 2. The fourth-order valence-electron chi connectivity index (χ4n) is 2.56. The molecule has 0 radical (unpaired) electrons. The van der Waals surface area contributed by atoms with Crippen molar-refractivity contribution in [1.29, 1.82) is 0 Å². The van der Waals surface area contributed by atoms with Gasteiger partial charge in [-0.3, -0.25) is 0 Å². The quantitative estimate of drug-likeness (QED) is 0.720. The third kappa shape index (κ3) is 3.48. The maximum Gasteiger partial charge on any atom is 0.319 e. The SMILES string of the molecule is CCn1cc(NC(=O)NCc2ccc(Cl)cc2)c2ccccc21. The minimum absolute atomic E-state index is 0.223. The zero-order chi connectivity index (χ0) is 16.2. The molecule has 0 atom stereocenters. The lowest BCUT2D eigenvalue weighted by Crippen LogP contribution is -2.28. The molecule has 0 fully saturated rings. The number of nitrogens with one attached hydrogen (secondary N) is 2. The van der Waals surface area contributed by atoms with Gasteiger partial charge in [-0.2, -0.15) is 0 Å². The predicted octanol–water partition coefficient (Wildman–Crippen LogP) is 4.64. The summed E-state index contributed by atoms with van der Waals surface area (Å²) in [6.07, 6.45) is 1.96. The van der Waals surface area contributed by atoms with E-state index in [-0.39, 0.29) is 6.03 Å². The van der Waals surface area contributed by atoms with Crippen LogP contribution >= 0.6 is 11.6 Å². The number of hydrogen-bond acceptors (Lipinski definition) is 1. The zero-order valence-electron chi connectivity index (χ0n) is 12.8. The number of halogens is 1. The average Bonchev–Trinajstić information content (AvgIpc) is 2.92. The molecular formula is C18H18ClN3O. The van der Waals surface area contributed by atoms with Crippen LogP contribution in [0.3, 0.4) is 0 Å². The lowest BCUT2D eigenvalue weighted by atomic mass is 10.2. The Morgan fingerprint density at radius 3 is 2.61 bits per heavy atom. The second kappa shape index (κ2) is 6.75. The molecule has 23 heavy (non-hydrogen) atoms. The van der Waals surface area contributed by atoms with Gasteiger partial charge in [-0.15, -0.1) is 0 Å². The number of urea groups is 1. The van der Waals surface area contributed by atoms with E-state index in [9.17, 15) is 4.79 Å². The first-order valence-electron chi connectivity index (χ1n) is 7.54. The smallest absolute Gasteiger partial charge is 0.319 e. The van der Waals surface area contributed by atoms with Gasteiger partial charge in [0, 0.05) is 29.7 Å². The van der Waals surface area contributed by atoms with Gasteiger partial charge in [0.15, 0.2) is 0 Å². The fraction of sp³-hybridized carbons (Fsp3) is 0.167. The van der Waals surface area contributed by atoms with Gasteiger partial charge in [0.05, 0.1) is 11.2 Å². The van der Waals surface area contributed by atoms with Gasteiger partial charge in [-0.25, -0.2) is 4.79 Å². The van der Waals surface area contributed by atoms with Gasteiger partial charge in [0.25, 0.3) is 0 Å². The number of para-hydroxylation sites is 1. The van der Waals surface area contributed by atoms with E-state index >= 15 is 0 Å². The zero-order valence-corrected chi connectivity index (χ0v) is 13.6. The van der Waals surface area contributed by atoms with Crippen LogP contribution in [0.1, 0.15) is 12.5 Å². The van der Waals surface area contributed by atoms with Crippen LogP contribution in [-0.2, 0) is 13.1 Å². The van der Waals surface area contributed by atoms with E-state index in [1.165, 1.54) is 0 Å². The molecule has 0 aliphatic rings. The molecule has 0 spiro atoms. The monoisotopic (exact) mass is 327 g/mol. The molecule has 1 heterocycles. The number of benzene rings is 2. The summed E-state index contributed by atoms with van der Waals surface area (Å²) in [7, 11) is 0. The number of carbonyl (C=O) groups is 1. The minimum atomic E-state index is -0.223. The van der Waals surface area contributed by atoms with Crippen molar-refractivity contribution < 1.29 is 4.79 Å². The summed E-state index contributed by atoms with van der Waals surface area (Å²) in [5, 5.41) is 7.50. The highest BCUT2D eigenvalue weighted by molar-refractivity contribution is 6.30. The number of aryl methyl sites for hydroxylation is 1. The van der Waals surface area contributed by atoms with E-state index in [1.54, 1.807) is 0 Å². The van der Waals surface area contributed by atoms with Crippen molar-refractivity contribution in [3.05, 3.63) is 65.3 Å². The molecule has 0 unspecified atom stereocenters. The van der Waals surface area contributed by atoms with E-state index in [0.29, 0.717) is 11.6 Å². The standard InChI is InChI=1S/C18H18ClN3O/c1-2-22-12-16(15-5-3-4-6-17(15)22)21-18(23)20-11-13-7-9-14(19)10-8-13/h3-10,12H,2,11H2,1H3,(H2,20,21,23). The Bertz CT molecular complexity index is 824. The predicted molar refractivity (Wildman–Crippen MR) is 94.9 cm³/mol. The molecule has 3 aromatic rings. The summed E-state index contributed by atoms with van der Waals surface area (Å²) >= 11 is 5.85. The van der Waals surface area contributed by atoms with Crippen molar-refractivity contribution in [1.82, 2.24) is 9.88 Å². The van der Waals surface area contributed by atoms with Crippen LogP contribution < -0.4 is 10.6 Å². The van der Waals surface area contributed by atoms with Crippen molar-refractivity contribution in [2.75, 3.05) is 5.32 Å². The molecule has 0 bridgehead atoms. The lowest BCUT2D eigenvalue weighted by Gasteiger charge is -2.07. The van der Waals surface area contributed by atoms with Crippen LogP contribution in [0.25, 0.3) is 10.9 Å². The Labute approximate surface area is 140 Å². The first kappa shape index (κ1) is 15.4.